The van der Waals surface area contributed by atoms with Crippen molar-refractivity contribution in [3.05, 3.63) is 30.4 Å². The minimum Gasteiger partial charge on any atom is -0.465 e. The first-order valence-corrected chi connectivity index (χ1v) is 7.74. The van der Waals surface area contributed by atoms with Gasteiger partial charge >= 0.3 is 5.97 Å². The van der Waals surface area contributed by atoms with Gasteiger partial charge < -0.3 is 14.8 Å². The quantitative estimate of drug-likeness (QED) is 0.766. The molecule has 3 heterocycles. The lowest BCUT2D eigenvalue weighted by Gasteiger charge is -2.26. The normalized spacial score (nSPS) is 15.2. The molecule has 3 rings (SSSR count). The summed E-state index contributed by atoms with van der Waals surface area (Å²) >= 11 is 0. The molecule has 0 bridgehead atoms. The highest BCUT2D eigenvalue weighted by Crippen LogP contribution is 2.11. The van der Waals surface area contributed by atoms with Gasteiger partial charge in [0.15, 0.2) is 0 Å². The zero-order chi connectivity index (χ0) is 16.8. The molecule has 1 aliphatic rings. The Morgan fingerprint density at radius 1 is 1.25 bits per heavy atom. The summed E-state index contributed by atoms with van der Waals surface area (Å²) < 4.78 is 11.8. The van der Waals surface area contributed by atoms with Crippen molar-refractivity contribution in [1.82, 2.24) is 24.6 Å². The van der Waals surface area contributed by atoms with Gasteiger partial charge in [0, 0.05) is 38.2 Å². The molecule has 2 aromatic rings. The maximum absolute atomic E-state index is 11.3. The maximum atomic E-state index is 11.3. The number of carbonyl (C=O) groups is 1. The third-order valence-corrected chi connectivity index (χ3v) is 3.71. The van der Waals surface area contributed by atoms with Crippen molar-refractivity contribution in [3.8, 4) is 0 Å². The van der Waals surface area contributed by atoms with Gasteiger partial charge in [-0.05, 0) is 0 Å². The zero-order valence-corrected chi connectivity index (χ0v) is 13.5. The van der Waals surface area contributed by atoms with Gasteiger partial charge in [-0.2, -0.15) is 5.10 Å². The fourth-order valence-corrected chi connectivity index (χ4v) is 2.36. The van der Waals surface area contributed by atoms with E-state index in [1.54, 1.807) is 6.20 Å². The molecule has 0 amide bonds. The molecule has 0 saturated carbocycles. The summed E-state index contributed by atoms with van der Waals surface area (Å²) in [5.74, 6) is -0.0622. The lowest BCUT2D eigenvalue weighted by atomic mass is 10.3. The van der Waals surface area contributed by atoms with E-state index in [-0.39, 0.29) is 0 Å². The smallest absolute Gasteiger partial charge is 0.341 e. The van der Waals surface area contributed by atoms with Crippen LogP contribution in [0.5, 0.6) is 0 Å². The Morgan fingerprint density at radius 3 is 2.71 bits per heavy atom. The first kappa shape index (κ1) is 16.3. The predicted molar refractivity (Wildman–Crippen MR) is 86.1 cm³/mol. The number of aromatic nitrogens is 4. The van der Waals surface area contributed by atoms with E-state index in [0.29, 0.717) is 11.5 Å². The molecule has 9 nitrogen and oxygen atoms in total. The molecule has 0 aliphatic carbocycles. The van der Waals surface area contributed by atoms with Crippen LogP contribution in [-0.4, -0.2) is 70.6 Å². The Balaban J connectivity index is 1.52. The average molecular weight is 332 g/mol. The van der Waals surface area contributed by atoms with Crippen molar-refractivity contribution in [2.24, 2.45) is 0 Å². The van der Waals surface area contributed by atoms with Gasteiger partial charge in [-0.1, -0.05) is 0 Å². The Morgan fingerprint density at radius 2 is 2.00 bits per heavy atom. The Labute approximate surface area is 139 Å². The summed E-state index contributed by atoms with van der Waals surface area (Å²) in [6.45, 7) is 5.27. The van der Waals surface area contributed by atoms with Crippen molar-refractivity contribution < 1.29 is 14.3 Å². The maximum Gasteiger partial charge on any atom is 0.341 e. The molecular weight excluding hydrogens is 312 g/mol. The van der Waals surface area contributed by atoms with Gasteiger partial charge in [-0.15, -0.1) is 0 Å². The van der Waals surface area contributed by atoms with Crippen LogP contribution in [0.15, 0.2) is 24.8 Å². The molecule has 1 N–H and O–H groups in total. The molecule has 0 spiro atoms. The lowest BCUT2D eigenvalue weighted by molar-refractivity contribution is 0.0360. The number of ether oxygens (including phenoxy) is 2. The van der Waals surface area contributed by atoms with Crippen LogP contribution < -0.4 is 5.32 Å². The van der Waals surface area contributed by atoms with Crippen molar-refractivity contribution in [3.63, 3.8) is 0 Å². The molecule has 1 saturated heterocycles. The molecule has 0 radical (unpaired) electrons. The number of hydrogen-bond acceptors (Lipinski definition) is 8. The molecule has 0 unspecified atom stereocenters. The van der Waals surface area contributed by atoms with Crippen LogP contribution >= 0.6 is 0 Å². The standard InChI is InChI=1S/C15H20N6O3/c1-23-14(22)12-8-16-15(17-9-12)19-13-10-18-21(11-13)3-2-20-4-6-24-7-5-20/h8-11H,2-7H2,1H3,(H,16,17,19). The van der Waals surface area contributed by atoms with Crippen LogP contribution in [0, 0.1) is 0 Å². The Kier molecular flexibility index (Phi) is 5.34. The van der Waals surface area contributed by atoms with E-state index in [1.165, 1.54) is 19.5 Å². The molecule has 1 fully saturated rings. The molecule has 2 aromatic heterocycles. The van der Waals surface area contributed by atoms with Crippen LogP contribution in [-0.2, 0) is 16.0 Å². The van der Waals surface area contributed by atoms with E-state index in [2.05, 4.69) is 30.0 Å². The topological polar surface area (TPSA) is 94.4 Å². The third-order valence-electron chi connectivity index (χ3n) is 3.71. The Bertz CT molecular complexity index is 666. The minimum atomic E-state index is -0.461. The largest absolute Gasteiger partial charge is 0.465 e. The van der Waals surface area contributed by atoms with E-state index < -0.39 is 5.97 Å². The van der Waals surface area contributed by atoms with Crippen molar-refractivity contribution in [2.45, 2.75) is 6.54 Å². The number of methoxy groups -OCH3 is 1. The highest BCUT2D eigenvalue weighted by molar-refractivity contribution is 5.88. The lowest BCUT2D eigenvalue weighted by Crippen LogP contribution is -2.38. The first-order valence-electron chi connectivity index (χ1n) is 7.74. The van der Waals surface area contributed by atoms with Crippen molar-refractivity contribution in [1.29, 1.82) is 0 Å². The van der Waals surface area contributed by atoms with Gasteiger partial charge in [-0.3, -0.25) is 9.58 Å². The molecule has 0 atom stereocenters. The van der Waals surface area contributed by atoms with Crippen molar-refractivity contribution >= 4 is 17.6 Å². The van der Waals surface area contributed by atoms with Gasteiger partial charge in [-0.25, -0.2) is 14.8 Å². The molecule has 24 heavy (non-hydrogen) atoms. The number of hydrogen-bond donors (Lipinski definition) is 1. The molecule has 1 aliphatic heterocycles. The number of rotatable bonds is 6. The van der Waals surface area contributed by atoms with E-state index in [4.69, 9.17) is 4.74 Å². The van der Waals surface area contributed by atoms with E-state index in [1.807, 2.05) is 10.9 Å². The number of morpholine rings is 1. The molecule has 128 valence electrons. The number of anilines is 2. The Hall–Kier alpha value is -2.52. The fraction of sp³-hybridized carbons (Fsp3) is 0.467. The SMILES string of the molecule is COC(=O)c1cnc(Nc2cnn(CCN3CCOCC3)c2)nc1. The molecule has 0 aromatic carbocycles. The highest BCUT2D eigenvalue weighted by Gasteiger charge is 2.10. The number of nitrogens with one attached hydrogen (secondary N) is 1. The average Bonchev–Trinajstić information content (AvgIpc) is 3.08. The summed E-state index contributed by atoms with van der Waals surface area (Å²) in [6.07, 6.45) is 6.46. The summed E-state index contributed by atoms with van der Waals surface area (Å²) in [7, 11) is 1.32. The summed E-state index contributed by atoms with van der Waals surface area (Å²) in [4.78, 5) is 21.9. The molecule has 9 heteroatoms. The monoisotopic (exact) mass is 332 g/mol. The zero-order valence-electron chi connectivity index (χ0n) is 13.5. The summed E-state index contributed by atoms with van der Waals surface area (Å²) in [6, 6.07) is 0. The minimum absolute atomic E-state index is 0.309. The third kappa shape index (κ3) is 4.27. The second kappa shape index (κ2) is 7.84. The predicted octanol–water partition coefficient (Wildman–Crippen LogP) is 0.536. The summed E-state index contributed by atoms with van der Waals surface area (Å²) in [5, 5.41) is 7.38. The van der Waals surface area contributed by atoms with Gasteiger partial charge in [0.2, 0.25) is 5.95 Å². The van der Waals surface area contributed by atoms with Crippen LogP contribution in [0.3, 0.4) is 0 Å². The van der Waals surface area contributed by atoms with Gasteiger partial charge in [0.25, 0.3) is 0 Å². The van der Waals surface area contributed by atoms with E-state index in [9.17, 15) is 4.79 Å². The second-order valence-corrected chi connectivity index (χ2v) is 5.36. The van der Waals surface area contributed by atoms with Crippen LogP contribution in [0.4, 0.5) is 11.6 Å². The number of nitrogens with zero attached hydrogens (tertiary/aromatic N) is 5. The second-order valence-electron chi connectivity index (χ2n) is 5.36. The van der Waals surface area contributed by atoms with Crippen molar-refractivity contribution in [2.75, 3.05) is 45.3 Å². The van der Waals surface area contributed by atoms with Crippen LogP contribution in [0.1, 0.15) is 10.4 Å². The molecular formula is C15H20N6O3. The van der Waals surface area contributed by atoms with Gasteiger partial charge in [0.05, 0.1) is 44.3 Å². The first-order chi connectivity index (χ1) is 11.7. The van der Waals surface area contributed by atoms with E-state index >= 15 is 0 Å². The number of esters is 1. The number of carbonyl (C=O) groups excluding carboxylic acids is 1. The fourth-order valence-electron chi connectivity index (χ4n) is 2.36. The van der Waals surface area contributed by atoms with Crippen LogP contribution in [0.25, 0.3) is 0 Å². The highest BCUT2D eigenvalue weighted by atomic mass is 16.5. The van der Waals surface area contributed by atoms with E-state index in [0.717, 1.165) is 45.1 Å². The van der Waals surface area contributed by atoms with Gasteiger partial charge in [0.1, 0.15) is 0 Å². The van der Waals surface area contributed by atoms with Crippen LogP contribution in [0.2, 0.25) is 0 Å². The summed E-state index contributed by atoms with van der Waals surface area (Å²) in [5.41, 5.74) is 1.10.